The Kier molecular flexibility index (Phi) is 10.9. The van der Waals surface area contributed by atoms with E-state index in [1.807, 2.05) is 0 Å². The van der Waals surface area contributed by atoms with Gasteiger partial charge < -0.3 is 0 Å². The molecule has 2 aromatic carbocycles. The minimum atomic E-state index is 1.25. The molecule has 32 heavy (non-hydrogen) atoms. The van der Waals surface area contributed by atoms with Crippen LogP contribution in [0.2, 0.25) is 0 Å². The van der Waals surface area contributed by atoms with Gasteiger partial charge in [-0.25, -0.2) is 0 Å². The molecule has 0 aromatic heterocycles. The van der Waals surface area contributed by atoms with Crippen molar-refractivity contribution in [3.05, 3.63) is 81.9 Å². The van der Waals surface area contributed by atoms with Crippen molar-refractivity contribution in [1.82, 2.24) is 0 Å². The van der Waals surface area contributed by atoms with E-state index in [1.165, 1.54) is 101 Å². The molecule has 0 N–H and O–H groups in total. The van der Waals surface area contributed by atoms with Crippen LogP contribution in [0.15, 0.2) is 48.6 Å². The van der Waals surface area contributed by atoms with Gasteiger partial charge in [-0.05, 0) is 98.6 Å². The Labute approximate surface area is 197 Å². The van der Waals surface area contributed by atoms with Crippen LogP contribution in [0, 0.1) is 0 Å². The van der Waals surface area contributed by atoms with Crippen molar-refractivity contribution in [3.63, 3.8) is 0 Å². The Hall–Kier alpha value is -2.08. The first kappa shape index (κ1) is 24.6. The first-order valence-electron chi connectivity index (χ1n) is 13.3. The Morgan fingerprint density at radius 1 is 0.438 bits per heavy atom. The summed E-state index contributed by atoms with van der Waals surface area (Å²) >= 11 is 0. The number of rotatable bonds is 2. The molecular weight excluding hydrogens is 384 g/mol. The zero-order chi connectivity index (χ0) is 22.4. The largest absolute Gasteiger partial charge is 0.0871 e. The summed E-state index contributed by atoms with van der Waals surface area (Å²) in [7, 11) is 0. The number of allylic oxidation sites excluding steroid dienone is 2. The third-order valence-electron chi connectivity index (χ3n) is 6.96. The highest BCUT2D eigenvalue weighted by Crippen LogP contribution is 2.22. The van der Waals surface area contributed by atoms with Gasteiger partial charge in [0, 0.05) is 0 Å². The monoisotopic (exact) mass is 428 g/mol. The van der Waals surface area contributed by atoms with E-state index in [-0.39, 0.29) is 0 Å². The van der Waals surface area contributed by atoms with Crippen LogP contribution in [0.25, 0.3) is 12.2 Å². The lowest BCUT2D eigenvalue weighted by Crippen LogP contribution is -1.99. The van der Waals surface area contributed by atoms with Crippen molar-refractivity contribution in [2.45, 2.75) is 104 Å². The second-order valence-electron chi connectivity index (χ2n) is 9.59. The summed E-state index contributed by atoms with van der Waals surface area (Å²) in [4.78, 5) is 0. The van der Waals surface area contributed by atoms with E-state index in [4.69, 9.17) is 0 Å². The highest BCUT2D eigenvalue weighted by Gasteiger charge is 2.07. The Balaban J connectivity index is 1.63. The Morgan fingerprint density at radius 2 is 0.781 bits per heavy atom. The molecule has 0 unspecified atom stereocenters. The van der Waals surface area contributed by atoms with Gasteiger partial charge >= 0.3 is 0 Å². The normalized spacial score (nSPS) is 17.6. The molecule has 0 heteroatoms. The van der Waals surface area contributed by atoms with Crippen molar-refractivity contribution in [2.24, 2.45) is 0 Å². The molecule has 0 saturated heterocycles. The van der Waals surface area contributed by atoms with Gasteiger partial charge in [0.25, 0.3) is 0 Å². The zero-order valence-corrected chi connectivity index (χ0v) is 20.7. The summed E-state index contributed by atoms with van der Waals surface area (Å²) in [6.07, 6.45) is 27.3. The molecule has 1 aliphatic rings. The predicted octanol–water partition coefficient (Wildman–Crippen LogP) is 9.54. The molecule has 0 saturated carbocycles. The van der Waals surface area contributed by atoms with E-state index in [0.717, 1.165) is 0 Å². The molecule has 1 aliphatic carbocycles. The molecule has 0 bridgehead atoms. The van der Waals surface area contributed by atoms with Gasteiger partial charge in [-0.15, -0.1) is 0 Å². The van der Waals surface area contributed by atoms with E-state index in [2.05, 4.69) is 74.5 Å². The highest BCUT2D eigenvalue weighted by atomic mass is 14.1. The SMILES string of the molecule is C/C=C/c1ccc2c(c1)CCCCCCCc1ccc(/C=C/C)cc1CCCCCCC2. The number of aryl methyl sites for hydroxylation is 4. The van der Waals surface area contributed by atoms with Crippen LogP contribution in [0.3, 0.4) is 0 Å². The maximum absolute atomic E-state index is 2.45. The van der Waals surface area contributed by atoms with E-state index in [0.29, 0.717) is 0 Å². The Morgan fingerprint density at radius 3 is 1.16 bits per heavy atom. The fourth-order valence-electron chi connectivity index (χ4n) is 5.16. The van der Waals surface area contributed by atoms with Crippen LogP contribution in [0.5, 0.6) is 0 Å². The smallest absolute Gasteiger partial charge is 0.0257 e. The average Bonchev–Trinajstić information content (AvgIpc) is 2.80. The Bertz CT molecular complexity index is 794. The first-order valence-corrected chi connectivity index (χ1v) is 13.3. The van der Waals surface area contributed by atoms with Crippen LogP contribution < -0.4 is 0 Å². The molecule has 2 aromatic rings. The molecule has 0 atom stereocenters. The molecule has 0 fully saturated rings. The molecule has 0 heterocycles. The molecule has 0 nitrogen and oxygen atoms in total. The summed E-state index contributed by atoms with van der Waals surface area (Å²) in [5, 5.41) is 0. The predicted molar refractivity (Wildman–Crippen MR) is 143 cm³/mol. The molecule has 3 rings (SSSR count). The highest BCUT2D eigenvalue weighted by molar-refractivity contribution is 5.52. The molecular formula is C32H44. The van der Waals surface area contributed by atoms with Gasteiger partial charge in [0.2, 0.25) is 0 Å². The van der Waals surface area contributed by atoms with Gasteiger partial charge in [0.1, 0.15) is 0 Å². The molecule has 0 aliphatic heterocycles. The van der Waals surface area contributed by atoms with Crippen LogP contribution in [0.1, 0.15) is 111 Å². The number of hydrogen-bond acceptors (Lipinski definition) is 0. The average molecular weight is 429 g/mol. The lowest BCUT2D eigenvalue weighted by atomic mass is 9.92. The maximum atomic E-state index is 2.45. The van der Waals surface area contributed by atoms with Gasteiger partial charge in [0.15, 0.2) is 0 Å². The van der Waals surface area contributed by atoms with Crippen molar-refractivity contribution in [3.8, 4) is 0 Å². The summed E-state index contributed by atoms with van der Waals surface area (Å²) < 4.78 is 0. The molecule has 0 radical (unpaired) electrons. The first-order chi connectivity index (χ1) is 15.8. The van der Waals surface area contributed by atoms with Gasteiger partial charge in [0.05, 0.1) is 0 Å². The third-order valence-corrected chi connectivity index (χ3v) is 6.96. The second kappa shape index (κ2) is 14.1. The number of fused-ring (bicyclic) bond motifs is 2. The van der Waals surface area contributed by atoms with Gasteiger partial charge in [-0.2, -0.15) is 0 Å². The fourth-order valence-corrected chi connectivity index (χ4v) is 5.16. The van der Waals surface area contributed by atoms with Gasteiger partial charge in [-0.1, -0.05) is 99.2 Å². The van der Waals surface area contributed by atoms with Crippen LogP contribution >= 0.6 is 0 Å². The zero-order valence-electron chi connectivity index (χ0n) is 20.7. The number of benzene rings is 2. The van der Waals surface area contributed by atoms with Crippen molar-refractivity contribution < 1.29 is 0 Å². The lowest BCUT2D eigenvalue weighted by Gasteiger charge is -2.13. The summed E-state index contributed by atoms with van der Waals surface area (Å²) in [5.74, 6) is 0. The van der Waals surface area contributed by atoms with Gasteiger partial charge in [-0.3, -0.25) is 0 Å². The maximum Gasteiger partial charge on any atom is -0.0257 e. The summed E-state index contributed by atoms with van der Waals surface area (Å²) in [5.41, 5.74) is 9.14. The van der Waals surface area contributed by atoms with Crippen molar-refractivity contribution in [2.75, 3.05) is 0 Å². The topological polar surface area (TPSA) is 0 Å². The van der Waals surface area contributed by atoms with E-state index in [1.54, 1.807) is 22.3 Å². The van der Waals surface area contributed by atoms with E-state index >= 15 is 0 Å². The quantitative estimate of drug-likeness (QED) is 0.446. The van der Waals surface area contributed by atoms with E-state index < -0.39 is 0 Å². The van der Waals surface area contributed by atoms with Crippen molar-refractivity contribution >= 4 is 12.2 Å². The molecule has 0 spiro atoms. The minimum Gasteiger partial charge on any atom is -0.0871 e. The summed E-state index contributed by atoms with van der Waals surface area (Å²) in [6.45, 7) is 4.23. The van der Waals surface area contributed by atoms with Crippen molar-refractivity contribution in [1.29, 1.82) is 0 Å². The number of hydrogen-bond donors (Lipinski definition) is 0. The fraction of sp³-hybridized carbons (Fsp3) is 0.500. The second-order valence-corrected chi connectivity index (χ2v) is 9.59. The lowest BCUT2D eigenvalue weighted by molar-refractivity contribution is 0.596. The van der Waals surface area contributed by atoms with E-state index in [9.17, 15) is 0 Å². The van der Waals surface area contributed by atoms with Crippen LogP contribution in [-0.2, 0) is 25.7 Å². The molecule has 0 amide bonds. The minimum absolute atomic E-state index is 1.25. The van der Waals surface area contributed by atoms with Crippen LogP contribution in [-0.4, -0.2) is 0 Å². The molecule has 172 valence electrons. The standard InChI is InChI=1S/C32H44/c1-3-15-27-21-23-29-17-11-7-6-10-14-20-32-26-28(16-4-2)22-24-30(32)18-12-8-5-9-13-19-31(29)25-27/h3-4,15-16,21-26H,5-14,17-20H2,1-2H3/b15-3+,16-4+. The third kappa shape index (κ3) is 8.12. The summed E-state index contributed by atoms with van der Waals surface area (Å²) in [6, 6.07) is 14.3. The van der Waals surface area contributed by atoms with Crippen LogP contribution in [0.4, 0.5) is 0 Å².